The summed E-state index contributed by atoms with van der Waals surface area (Å²) in [6.45, 7) is 3.88. The van der Waals surface area contributed by atoms with Crippen molar-refractivity contribution in [3.63, 3.8) is 0 Å². The zero-order valence-electron chi connectivity index (χ0n) is 15.7. The fraction of sp³-hybridized carbons (Fsp3) is 0.650. The predicted molar refractivity (Wildman–Crippen MR) is 102 cm³/mol. The monoisotopic (exact) mass is 378 g/mol. The molecule has 0 aromatic heterocycles. The minimum atomic E-state index is -3.47. The van der Waals surface area contributed by atoms with Gasteiger partial charge in [-0.05, 0) is 42.9 Å². The van der Waals surface area contributed by atoms with Gasteiger partial charge in [0.15, 0.2) is 0 Å². The van der Waals surface area contributed by atoms with Crippen LogP contribution in [0, 0.1) is 5.92 Å². The summed E-state index contributed by atoms with van der Waals surface area (Å²) < 4.78 is 27.2. The second-order valence-corrected chi connectivity index (χ2v) is 9.47. The van der Waals surface area contributed by atoms with E-state index in [4.69, 9.17) is 0 Å². The molecule has 26 heavy (non-hydrogen) atoms. The molecule has 1 aromatic carbocycles. The fourth-order valence-corrected chi connectivity index (χ4v) is 5.46. The van der Waals surface area contributed by atoms with Gasteiger partial charge in [-0.25, -0.2) is 8.42 Å². The number of carbonyl (C=O) groups is 1. The van der Waals surface area contributed by atoms with Gasteiger partial charge in [0.25, 0.3) is 0 Å². The first kappa shape index (κ1) is 19.4. The van der Waals surface area contributed by atoms with Gasteiger partial charge >= 0.3 is 0 Å². The number of hydrogen-bond donors (Lipinski definition) is 0. The molecular weight excluding hydrogens is 348 g/mol. The molecule has 3 rings (SSSR count). The van der Waals surface area contributed by atoms with Crippen LogP contribution in [0.3, 0.4) is 0 Å². The molecule has 1 saturated carbocycles. The Morgan fingerprint density at radius 1 is 1.04 bits per heavy atom. The van der Waals surface area contributed by atoms with E-state index in [0.717, 1.165) is 31.2 Å². The third-order valence-corrected chi connectivity index (χ3v) is 7.54. The van der Waals surface area contributed by atoms with Crippen LogP contribution in [0.4, 0.5) is 0 Å². The zero-order chi connectivity index (χ0) is 18.6. The van der Waals surface area contributed by atoms with E-state index >= 15 is 0 Å². The summed E-state index contributed by atoms with van der Waals surface area (Å²) in [5.41, 5.74) is 1.16. The molecule has 0 atom stereocenters. The summed E-state index contributed by atoms with van der Waals surface area (Å²) in [5, 5.41) is 0. The first-order valence-corrected chi connectivity index (χ1v) is 11.3. The molecule has 0 unspecified atom stereocenters. The largest absolute Gasteiger partial charge is 0.340 e. The highest BCUT2D eigenvalue weighted by Crippen LogP contribution is 2.28. The molecule has 0 bridgehead atoms. The second kappa shape index (κ2) is 8.53. The Hall–Kier alpha value is -1.40. The Morgan fingerprint density at radius 3 is 2.23 bits per heavy atom. The summed E-state index contributed by atoms with van der Waals surface area (Å²) in [5.74, 6) is 0.726. The third kappa shape index (κ3) is 4.46. The topological polar surface area (TPSA) is 57.7 Å². The van der Waals surface area contributed by atoms with Crippen LogP contribution in [0.15, 0.2) is 29.2 Å². The molecular formula is C20H30N2O3S. The van der Waals surface area contributed by atoms with E-state index in [1.165, 1.54) is 17.1 Å². The molecule has 1 aliphatic heterocycles. The van der Waals surface area contributed by atoms with Crippen LogP contribution in [-0.2, 0) is 21.2 Å². The Labute approximate surface area is 157 Å². The number of benzene rings is 1. The van der Waals surface area contributed by atoms with Crippen molar-refractivity contribution in [2.24, 2.45) is 5.92 Å². The average Bonchev–Trinajstić information content (AvgIpc) is 3.15. The summed E-state index contributed by atoms with van der Waals surface area (Å²) in [6.07, 6.45) is 7.43. The van der Waals surface area contributed by atoms with Gasteiger partial charge in [-0.15, -0.1) is 0 Å². The summed E-state index contributed by atoms with van der Waals surface area (Å²) >= 11 is 0. The van der Waals surface area contributed by atoms with Gasteiger partial charge in [-0.2, -0.15) is 4.31 Å². The van der Waals surface area contributed by atoms with Crippen LogP contribution < -0.4 is 0 Å². The first-order valence-electron chi connectivity index (χ1n) is 9.87. The molecule has 1 saturated heterocycles. The fourth-order valence-electron chi connectivity index (χ4n) is 4.03. The standard InChI is InChI=1S/C20H30N2O3S/c1-2-5-17-8-10-19(11-9-17)26(24,25)22-14-12-21(13-15-22)20(23)16-18-6-3-4-7-18/h8-11,18H,2-7,12-16H2,1H3. The third-order valence-electron chi connectivity index (χ3n) is 5.63. The van der Waals surface area contributed by atoms with E-state index in [1.807, 2.05) is 17.0 Å². The van der Waals surface area contributed by atoms with E-state index in [9.17, 15) is 13.2 Å². The lowest BCUT2D eigenvalue weighted by molar-refractivity contribution is -0.133. The van der Waals surface area contributed by atoms with E-state index < -0.39 is 10.0 Å². The Morgan fingerprint density at radius 2 is 1.65 bits per heavy atom. The van der Waals surface area contributed by atoms with Crippen molar-refractivity contribution in [1.82, 2.24) is 9.21 Å². The van der Waals surface area contributed by atoms with E-state index in [-0.39, 0.29) is 5.91 Å². The molecule has 6 heteroatoms. The molecule has 5 nitrogen and oxygen atoms in total. The van der Waals surface area contributed by atoms with Crippen molar-refractivity contribution in [3.8, 4) is 0 Å². The van der Waals surface area contributed by atoms with Crippen LogP contribution >= 0.6 is 0 Å². The quantitative estimate of drug-likeness (QED) is 0.764. The molecule has 2 fully saturated rings. The van der Waals surface area contributed by atoms with Gasteiger partial charge in [0.1, 0.15) is 0 Å². The van der Waals surface area contributed by atoms with Crippen LogP contribution in [0.25, 0.3) is 0 Å². The number of hydrogen-bond acceptors (Lipinski definition) is 3. The van der Waals surface area contributed by atoms with Crippen molar-refractivity contribution in [3.05, 3.63) is 29.8 Å². The number of aryl methyl sites for hydroxylation is 1. The summed E-state index contributed by atoms with van der Waals surface area (Å²) in [6, 6.07) is 7.21. The van der Waals surface area contributed by atoms with Crippen molar-refractivity contribution < 1.29 is 13.2 Å². The Bertz CT molecular complexity index is 701. The zero-order valence-corrected chi connectivity index (χ0v) is 16.5. The average molecular weight is 379 g/mol. The predicted octanol–water partition coefficient (Wildman–Crippen LogP) is 3.05. The SMILES string of the molecule is CCCc1ccc(S(=O)(=O)N2CCN(C(=O)CC3CCCC3)CC2)cc1. The molecule has 1 amide bonds. The maximum Gasteiger partial charge on any atom is 0.243 e. The highest BCUT2D eigenvalue weighted by Gasteiger charge is 2.31. The lowest BCUT2D eigenvalue weighted by Gasteiger charge is -2.34. The highest BCUT2D eigenvalue weighted by molar-refractivity contribution is 7.89. The molecule has 2 aliphatic rings. The van der Waals surface area contributed by atoms with Crippen LogP contribution in [-0.4, -0.2) is 49.7 Å². The lowest BCUT2D eigenvalue weighted by atomic mass is 10.0. The minimum absolute atomic E-state index is 0.192. The molecule has 0 spiro atoms. The molecule has 144 valence electrons. The Kier molecular flexibility index (Phi) is 6.35. The van der Waals surface area contributed by atoms with Crippen molar-refractivity contribution in [1.29, 1.82) is 0 Å². The smallest absolute Gasteiger partial charge is 0.243 e. The van der Waals surface area contributed by atoms with Gasteiger partial charge in [-0.1, -0.05) is 38.3 Å². The Balaban J connectivity index is 1.56. The highest BCUT2D eigenvalue weighted by atomic mass is 32.2. The normalized spacial score (nSPS) is 19.8. The van der Waals surface area contributed by atoms with Crippen LogP contribution in [0.2, 0.25) is 0 Å². The molecule has 1 aliphatic carbocycles. The van der Waals surface area contributed by atoms with Crippen molar-refractivity contribution >= 4 is 15.9 Å². The number of carbonyl (C=O) groups excluding carboxylic acids is 1. The van der Waals surface area contributed by atoms with Crippen molar-refractivity contribution in [2.45, 2.75) is 56.8 Å². The van der Waals surface area contributed by atoms with Gasteiger partial charge in [0.2, 0.25) is 15.9 Å². The van der Waals surface area contributed by atoms with Crippen LogP contribution in [0.5, 0.6) is 0 Å². The molecule has 1 heterocycles. The number of nitrogens with zero attached hydrogens (tertiary/aromatic N) is 2. The summed E-state index contributed by atoms with van der Waals surface area (Å²) in [4.78, 5) is 14.6. The van der Waals surface area contributed by atoms with Gasteiger partial charge in [-0.3, -0.25) is 4.79 Å². The van der Waals surface area contributed by atoms with Crippen molar-refractivity contribution in [2.75, 3.05) is 26.2 Å². The van der Waals surface area contributed by atoms with Gasteiger partial charge < -0.3 is 4.90 Å². The van der Waals surface area contributed by atoms with Crippen LogP contribution in [0.1, 0.15) is 51.0 Å². The van der Waals surface area contributed by atoms with Gasteiger partial charge in [0.05, 0.1) is 4.90 Å². The summed E-state index contributed by atoms with van der Waals surface area (Å²) in [7, 11) is -3.47. The molecule has 0 N–H and O–H groups in total. The number of piperazine rings is 1. The minimum Gasteiger partial charge on any atom is -0.340 e. The number of sulfonamides is 1. The van der Waals surface area contributed by atoms with E-state index in [0.29, 0.717) is 43.4 Å². The van der Waals surface area contributed by atoms with E-state index in [2.05, 4.69) is 6.92 Å². The second-order valence-electron chi connectivity index (χ2n) is 7.53. The van der Waals surface area contributed by atoms with E-state index in [1.54, 1.807) is 12.1 Å². The first-order chi connectivity index (χ1) is 12.5. The number of rotatable bonds is 6. The molecule has 0 radical (unpaired) electrons. The van der Waals surface area contributed by atoms with Gasteiger partial charge in [0, 0.05) is 32.6 Å². The maximum atomic E-state index is 12.8. The lowest BCUT2D eigenvalue weighted by Crippen LogP contribution is -2.50. The maximum absolute atomic E-state index is 12.8. The number of amides is 1. The molecule has 1 aromatic rings.